The molecule has 0 atom stereocenters. The van der Waals surface area contributed by atoms with Gasteiger partial charge in [0.15, 0.2) is 0 Å². The highest BCUT2D eigenvalue weighted by atomic mass is 32.2. The van der Waals surface area contributed by atoms with E-state index >= 15 is 0 Å². The summed E-state index contributed by atoms with van der Waals surface area (Å²) in [5.74, 6) is -13.6. The molecule has 1 aliphatic heterocycles. The van der Waals surface area contributed by atoms with Crippen molar-refractivity contribution in [3.63, 3.8) is 0 Å². The minimum atomic E-state index is -5.83. The standard InChI is InChI=1S/C4H2F6O2S/c5-2(6)1-13(11,12)4(9,10)3(2,7)8/h1H2. The summed E-state index contributed by atoms with van der Waals surface area (Å²) in [6, 6.07) is 0. The van der Waals surface area contributed by atoms with E-state index in [0.717, 1.165) is 0 Å². The van der Waals surface area contributed by atoms with Crippen LogP contribution in [0, 0.1) is 0 Å². The van der Waals surface area contributed by atoms with E-state index in [9.17, 15) is 34.8 Å². The van der Waals surface area contributed by atoms with Crippen molar-refractivity contribution in [1.82, 2.24) is 0 Å². The van der Waals surface area contributed by atoms with E-state index in [1.807, 2.05) is 0 Å². The molecule has 2 nitrogen and oxygen atoms in total. The molecule has 1 rings (SSSR count). The first-order chi connectivity index (χ1) is 5.46. The summed E-state index contributed by atoms with van der Waals surface area (Å²) >= 11 is 0. The number of alkyl halides is 6. The van der Waals surface area contributed by atoms with Crippen LogP contribution in [0.2, 0.25) is 0 Å². The zero-order valence-electron chi connectivity index (χ0n) is 5.70. The Morgan fingerprint density at radius 2 is 1.31 bits per heavy atom. The molecule has 0 aromatic carbocycles. The van der Waals surface area contributed by atoms with Crippen molar-refractivity contribution in [2.24, 2.45) is 0 Å². The van der Waals surface area contributed by atoms with Gasteiger partial charge in [-0.1, -0.05) is 0 Å². The van der Waals surface area contributed by atoms with Crippen molar-refractivity contribution in [3.05, 3.63) is 0 Å². The lowest BCUT2D eigenvalue weighted by Gasteiger charge is -2.20. The molecule has 0 unspecified atom stereocenters. The Kier molecular flexibility index (Phi) is 1.73. The van der Waals surface area contributed by atoms with Gasteiger partial charge in [-0.2, -0.15) is 26.3 Å². The predicted molar refractivity (Wildman–Crippen MR) is 28.6 cm³/mol. The van der Waals surface area contributed by atoms with Crippen molar-refractivity contribution in [1.29, 1.82) is 0 Å². The fourth-order valence-electron chi connectivity index (χ4n) is 0.828. The van der Waals surface area contributed by atoms with Gasteiger partial charge in [-0.3, -0.25) is 0 Å². The Labute approximate surface area is 68.4 Å². The lowest BCUT2D eigenvalue weighted by molar-refractivity contribution is -0.256. The average Bonchev–Trinajstić information content (AvgIpc) is 1.88. The molecule has 9 heteroatoms. The predicted octanol–water partition coefficient (Wildman–Crippen LogP) is 1.28. The van der Waals surface area contributed by atoms with Crippen molar-refractivity contribution in [3.8, 4) is 0 Å². The van der Waals surface area contributed by atoms with Crippen molar-refractivity contribution in [2.45, 2.75) is 17.1 Å². The van der Waals surface area contributed by atoms with Gasteiger partial charge in [0.1, 0.15) is 5.75 Å². The molecule has 0 amide bonds. The Hall–Kier alpha value is -0.470. The number of hydrogen-bond acceptors (Lipinski definition) is 2. The second-order valence-electron chi connectivity index (χ2n) is 2.55. The normalized spacial score (nSPS) is 33.1. The molecule has 78 valence electrons. The molecular weight excluding hydrogens is 226 g/mol. The molecule has 1 fully saturated rings. The van der Waals surface area contributed by atoms with E-state index in [1.165, 1.54) is 0 Å². The molecular formula is C4H2F6O2S. The first-order valence-electron chi connectivity index (χ1n) is 2.81. The van der Waals surface area contributed by atoms with Crippen LogP contribution in [0.3, 0.4) is 0 Å². The molecule has 0 aromatic heterocycles. The monoisotopic (exact) mass is 228 g/mol. The first kappa shape index (κ1) is 10.6. The van der Waals surface area contributed by atoms with Crippen molar-refractivity contribution < 1.29 is 34.8 Å². The molecule has 1 heterocycles. The average molecular weight is 228 g/mol. The van der Waals surface area contributed by atoms with Gasteiger partial charge >= 0.3 is 17.1 Å². The third-order valence-corrected chi connectivity index (χ3v) is 3.37. The van der Waals surface area contributed by atoms with E-state index < -0.39 is 32.7 Å². The maximum Gasteiger partial charge on any atom is 0.413 e. The maximum absolute atomic E-state index is 12.2. The van der Waals surface area contributed by atoms with Gasteiger partial charge in [0, 0.05) is 0 Å². The molecule has 1 aliphatic rings. The van der Waals surface area contributed by atoms with Gasteiger partial charge in [0.05, 0.1) is 0 Å². The van der Waals surface area contributed by atoms with Crippen molar-refractivity contribution in [2.75, 3.05) is 5.75 Å². The number of halogens is 6. The Bertz CT molecular complexity index is 331. The fraction of sp³-hybridized carbons (Fsp3) is 1.00. The minimum absolute atomic E-state index is 2.53. The second-order valence-corrected chi connectivity index (χ2v) is 4.59. The van der Waals surface area contributed by atoms with Crippen molar-refractivity contribution >= 4 is 9.84 Å². The number of sulfone groups is 1. The SMILES string of the molecule is O=S1(=O)CC(F)(F)C(F)(F)C1(F)F. The summed E-state index contributed by atoms with van der Waals surface area (Å²) in [6.07, 6.45) is 0. The highest BCUT2D eigenvalue weighted by molar-refractivity contribution is 7.92. The second kappa shape index (κ2) is 2.12. The van der Waals surface area contributed by atoms with E-state index in [2.05, 4.69) is 0 Å². The quantitative estimate of drug-likeness (QED) is 0.585. The Balaban J connectivity index is 3.42. The van der Waals surface area contributed by atoms with Crippen LogP contribution < -0.4 is 0 Å². The van der Waals surface area contributed by atoms with Crippen LogP contribution in [-0.2, 0) is 9.84 Å². The van der Waals surface area contributed by atoms with Gasteiger partial charge in [-0.05, 0) is 0 Å². The third-order valence-electron chi connectivity index (χ3n) is 1.59. The summed E-state index contributed by atoms with van der Waals surface area (Å²) < 4.78 is 93.2. The Morgan fingerprint density at radius 3 is 1.38 bits per heavy atom. The van der Waals surface area contributed by atoms with Crippen LogP contribution in [-0.4, -0.2) is 31.3 Å². The zero-order chi connectivity index (χ0) is 10.7. The molecule has 0 aromatic rings. The first-order valence-corrected chi connectivity index (χ1v) is 4.47. The lowest BCUT2D eigenvalue weighted by atomic mass is 10.2. The molecule has 0 N–H and O–H groups in total. The molecule has 0 bridgehead atoms. The van der Waals surface area contributed by atoms with Gasteiger partial charge in [-0.25, -0.2) is 8.42 Å². The van der Waals surface area contributed by atoms with Crippen LogP contribution >= 0.6 is 0 Å². The Morgan fingerprint density at radius 1 is 0.923 bits per heavy atom. The fourth-order valence-corrected chi connectivity index (χ4v) is 2.21. The van der Waals surface area contributed by atoms with Gasteiger partial charge in [-0.15, -0.1) is 0 Å². The zero-order valence-corrected chi connectivity index (χ0v) is 6.52. The van der Waals surface area contributed by atoms with E-state index in [0.29, 0.717) is 0 Å². The number of rotatable bonds is 0. The van der Waals surface area contributed by atoms with Gasteiger partial charge in [0.25, 0.3) is 0 Å². The highest BCUT2D eigenvalue weighted by Crippen LogP contribution is 2.55. The molecule has 1 saturated heterocycles. The summed E-state index contributed by atoms with van der Waals surface area (Å²) in [6.45, 7) is 0. The van der Waals surface area contributed by atoms with Crippen LogP contribution in [0.15, 0.2) is 0 Å². The summed E-state index contributed by atoms with van der Waals surface area (Å²) in [5.41, 5.74) is 0. The van der Waals surface area contributed by atoms with E-state index in [1.54, 1.807) is 0 Å². The highest BCUT2D eigenvalue weighted by Gasteiger charge is 2.84. The van der Waals surface area contributed by atoms with E-state index in [-0.39, 0.29) is 0 Å². The van der Waals surface area contributed by atoms with Crippen LogP contribution in [0.5, 0.6) is 0 Å². The summed E-state index contributed by atoms with van der Waals surface area (Å²) in [7, 11) is -5.77. The molecule has 0 radical (unpaired) electrons. The molecule has 0 spiro atoms. The maximum atomic E-state index is 12.2. The lowest BCUT2D eigenvalue weighted by Crippen LogP contribution is -2.48. The van der Waals surface area contributed by atoms with Crippen LogP contribution in [0.25, 0.3) is 0 Å². The van der Waals surface area contributed by atoms with Crippen LogP contribution in [0.4, 0.5) is 26.3 Å². The van der Waals surface area contributed by atoms with Crippen LogP contribution in [0.1, 0.15) is 0 Å². The molecule has 0 saturated carbocycles. The third kappa shape index (κ3) is 0.990. The van der Waals surface area contributed by atoms with Gasteiger partial charge in [0.2, 0.25) is 9.84 Å². The summed E-state index contributed by atoms with van der Waals surface area (Å²) in [5, 5.41) is -5.69. The minimum Gasteiger partial charge on any atom is -0.222 e. The van der Waals surface area contributed by atoms with E-state index in [4.69, 9.17) is 0 Å². The largest absolute Gasteiger partial charge is 0.413 e. The molecule has 0 aliphatic carbocycles. The van der Waals surface area contributed by atoms with Gasteiger partial charge < -0.3 is 0 Å². The number of hydrogen-bond donors (Lipinski definition) is 0. The topological polar surface area (TPSA) is 34.1 Å². The molecule has 13 heavy (non-hydrogen) atoms. The smallest absolute Gasteiger partial charge is 0.222 e. The summed E-state index contributed by atoms with van der Waals surface area (Å²) in [4.78, 5) is 0.